The molecule has 0 saturated heterocycles. The fourth-order valence-electron chi connectivity index (χ4n) is 4.64. The molecule has 4 rings (SSSR count). The second-order valence-corrected chi connectivity index (χ2v) is 8.32. The van der Waals surface area contributed by atoms with Crippen molar-refractivity contribution in [3.63, 3.8) is 0 Å². The van der Waals surface area contributed by atoms with Gasteiger partial charge in [0.15, 0.2) is 0 Å². The van der Waals surface area contributed by atoms with Crippen molar-refractivity contribution >= 4 is 39.3 Å². The molecule has 4 bridgehead atoms. The highest BCUT2D eigenvalue weighted by atomic mass is 19.4. The van der Waals surface area contributed by atoms with Crippen molar-refractivity contribution in [1.29, 1.82) is 5.41 Å². The number of hydrogen-bond donors (Lipinski definition) is 5. The van der Waals surface area contributed by atoms with Crippen molar-refractivity contribution in [2.45, 2.75) is 37.9 Å². The van der Waals surface area contributed by atoms with Gasteiger partial charge in [-0.25, -0.2) is 4.79 Å². The number of hydrogen-bond acceptors (Lipinski definition) is 5. The Morgan fingerprint density at radius 3 is 2.24 bits per heavy atom. The third-order valence-electron chi connectivity index (χ3n) is 6.28. The minimum absolute atomic E-state index is 0.0578. The lowest BCUT2D eigenvalue weighted by atomic mass is 9.85. The number of carboxylic acids is 1. The van der Waals surface area contributed by atoms with Crippen LogP contribution in [0.3, 0.4) is 0 Å². The van der Waals surface area contributed by atoms with Crippen LogP contribution >= 0.6 is 0 Å². The number of benzene rings is 2. The van der Waals surface area contributed by atoms with E-state index >= 15 is 0 Å². The molecular formula is C22H19F3N4O5. The minimum Gasteiger partial charge on any atom is -0.478 e. The summed E-state index contributed by atoms with van der Waals surface area (Å²) >= 11 is 0. The lowest BCUT2D eigenvalue weighted by Gasteiger charge is -2.30. The molecule has 0 unspecified atom stereocenters. The van der Waals surface area contributed by atoms with Gasteiger partial charge in [0.2, 0.25) is 5.91 Å². The maximum atomic E-state index is 13.2. The predicted molar refractivity (Wildman–Crippen MR) is 114 cm³/mol. The zero-order chi connectivity index (χ0) is 24.9. The molecule has 1 aliphatic carbocycles. The molecule has 6 N–H and O–H groups in total. The van der Waals surface area contributed by atoms with Crippen LogP contribution in [0, 0.1) is 11.3 Å². The Morgan fingerprint density at radius 2 is 1.68 bits per heavy atom. The van der Waals surface area contributed by atoms with Crippen LogP contribution in [0.5, 0.6) is 0 Å². The normalized spacial score (nSPS) is 18.8. The van der Waals surface area contributed by atoms with Crippen molar-refractivity contribution in [2.24, 2.45) is 11.7 Å². The van der Waals surface area contributed by atoms with E-state index in [1.54, 1.807) is 0 Å². The molecule has 1 aromatic heterocycles. The quantitative estimate of drug-likeness (QED) is 0.389. The SMILES string of the molecule is N=c1[nH]c(=O)c2ccc(C(N)=O)c3c1c(C(=O)O)cc(C(=O)N[C@H]1CC[C@H](C(F)(F)F)CC1)c23. The number of H-pyrrole nitrogens is 1. The number of carbonyl (C=O) groups excluding carboxylic acids is 2. The molecule has 178 valence electrons. The van der Waals surface area contributed by atoms with Crippen molar-refractivity contribution in [1.82, 2.24) is 10.3 Å². The van der Waals surface area contributed by atoms with Crippen LogP contribution in [0.1, 0.15) is 56.8 Å². The number of alkyl halides is 3. The van der Waals surface area contributed by atoms with Gasteiger partial charge in [0.25, 0.3) is 11.5 Å². The Bertz CT molecular complexity index is 1460. The van der Waals surface area contributed by atoms with E-state index in [1.807, 2.05) is 0 Å². The fourth-order valence-corrected chi connectivity index (χ4v) is 4.64. The molecule has 1 saturated carbocycles. The number of amides is 2. The average Bonchev–Trinajstić information content (AvgIpc) is 2.79. The summed E-state index contributed by atoms with van der Waals surface area (Å²) in [5, 5.41) is 20.0. The van der Waals surface area contributed by atoms with Crippen molar-refractivity contribution in [2.75, 3.05) is 0 Å². The summed E-state index contributed by atoms with van der Waals surface area (Å²) in [4.78, 5) is 52.2. The molecular weight excluding hydrogens is 457 g/mol. The number of carbonyl (C=O) groups is 3. The summed E-state index contributed by atoms with van der Waals surface area (Å²) in [6.07, 6.45) is -4.49. The van der Waals surface area contributed by atoms with E-state index in [4.69, 9.17) is 11.1 Å². The largest absolute Gasteiger partial charge is 0.478 e. The van der Waals surface area contributed by atoms with Gasteiger partial charge in [0.1, 0.15) is 5.49 Å². The Labute approximate surface area is 188 Å². The summed E-state index contributed by atoms with van der Waals surface area (Å²) < 4.78 is 38.9. The van der Waals surface area contributed by atoms with E-state index in [9.17, 15) is 37.5 Å². The van der Waals surface area contributed by atoms with Gasteiger partial charge in [-0.05, 0) is 43.9 Å². The lowest BCUT2D eigenvalue weighted by Crippen LogP contribution is -2.40. The van der Waals surface area contributed by atoms with Gasteiger partial charge >= 0.3 is 12.1 Å². The fraction of sp³-hybridized carbons (Fsp3) is 0.318. The van der Waals surface area contributed by atoms with Crippen molar-refractivity contribution in [3.8, 4) is 0 Å². The lowest BCUT2D eigenvalue weighted by molar-refractivity contribution is -0.182. The summed E-state index contributed by atoms with van der Waals surface area (Å²) in [5.74, 6) is -4.73. The van der Waals surface area contributed by atoms with Crippen LogP contribution in [-0.4, -0.2) is 40.1 Å². The minimum atomic E-state index is -4.31. The van der Waals surface area contributed by atoms with Gasteiger partial charge in [-0.3, -0.25) is 19.8 Å². The molecule has 1 aliphatic rings. The first-order chi connectivity index (χ1) is 15.9. The predicted octanol–water partition coefficient (Wildman–Crippen LogP) is 2.25. The standard InChI is InChI=1S/C22H19F3N4O5/c23-22(24,25)8-1-3-9(4-2-8)28-20(32)12-7-13(21(33)34)16-15-10(18(27)30)5-6-11(14(12)15)19(31)29-17(16)26/h5-9H,1-4H2,(H2,27,30)(H,28,32)(H,33,34)(H2,26,29,31)/t8-,9-. The molecule has 12 heteroatoms. The van der Waals surface area contributed by atoms with E-state index in [2.05, 4.69) is 10.3 Å². The van der Waals surface area contributed by atoms with Crippen LogP contribution in [0.25, 0.3) is 21.5 Å². The Morgan fingerprint density at radius 1 is 1.03 bits per heavy atom. The molecule has 2 aromatic carbocycles. The number of nitrogens with two attached hydrogens (primary N) is 1. The number of primary amides is 1. The van der Waals surface area contributed by atoms with E-state index in [1.165, 1.54) is 12.1 Å². The van der Waals surface area contributed by atoms with Crippen molar-refractivity contribution in [3.05, 3.63) is 50.7 Å². The zero-order valence-corrected chi connectivity index (χ0v) is 17.5. The van der Waals surface area contributed by atoms with Gasteiger partial charge in [-0.15, -0.1) is 0 Å². The Balaban J connectivity index is 1.89. The zero-order valence-electron chi connectivity index (χ0n) is 17.5. The molecule has 1 fully saturated rings. The first kappa shape index (κ1) is 23.2. The average molecular weight is 476 g/mol. The van der Waals surface area contributed by atoms with Crippen LogP contribution in [0.2, 0.25) is 0 Å². The third kappa shape index (κ3) is 3.84. The van der Waals surface area contributed by atoms with Gasteiger partial charge in [0.05, 0.1) is 11.5 Å². The number of halogens is 3. The van der Waals surface area contributed by atoms with E-state index in [0.717, 1.165) is 6.07 Å². The van der Waals surface area contributed by atoms with E-state index in [-0.39, 0.29) is 58.4 Å². The molecule has 0 radical (unpaired) electrons. The Kier molecular flexibility index (Phi) is 5.54. The maximum Gasteiger partial charge on any atom is 0.391 e. The van der Waals surface area contributed by atoms with E-state index < -0.39 is 52.5 Å². The monoisotopic (exact) mass is 476 g/mol. The molecule has 0 atom stereocenters. The summed E-state index contributed by atoms with van der Waals surface area (Å²) in [5.41, 5.74) is 3.14. The second kappa shape index (κ2) is 8.12. The van der Waals surface area contributed by atoms with Gasteiger partial charge in [-0.2, -0.15) is 13.2 Å². The second-order valence-electron chi connectivity index (χ2n) is 8.32. The number of aromatic nitrogens is 1. The summed E-state index contributed by atoms with van der Waals surface area (Å²) in [6.45, 7) is 0. The maximum absolute atomic E-state index is 13.2. The van der Waals surface area contributed by atoms with E-state index in [0.29, 0.717) is 0 Å². The molecule has 0 spiro atoms. The van der Waals surface area contributed by atoms with Crippen LogP contribution in [-0.2, 0) is 0 Å². The van der Waals surface area contributed by atoms with Crippen LogP contribution in [0.15, 0.2) is 23.0 Å². The number of rotatable bonds is 4. The summed E-state index contributed by atoms with van der Waals surface area (Å²) in [7, 11) is 0. The van der Waals surface area contributed by atoms with Gasteiger partial charge in [-0.1, -0.05) is 0 Å². The third-order valence-corrected chi connectivity index (χ3v) is 6.28. The number of aromatic carboxylic acids is 1. The first-order valence-corrected chi connectivity index (χ1v) is 10.3. The molecule has 0 aliphatic heterocycles. The molecule has 34 heavy (non-hydrogen) atoms. The highest BCUT2D eigenvalue weighted by Crippen LogP contribution is 2.38. The molecule has 2 amide bonds. The number of aromatic amines is 1. The number of carboxylic acid groups (broad SMARTS) is 1. The molecule has 3 aromatic rings. The van der Waals surface area contributed by atoms with Crippen molar-refractivity contribution < 1.29 is 32.7 Å². The molecule has 9 nitrogen and oxygen atoms in total. The first-order valence-electron chi connectivity index (χ1n) is 10.3. The van der Waals surface area contributed by atoms with Gasteiger partial charge < -0.3 is 21.1 Å². The van der Waals surface area contributed by atoms with Crippen LogP contribution in [0.4, 0.5) is 13.2 Å². The highest BCUT2D eigenvalue weighted by Gasteiger charge is 2.41. The molecule has 1 heterocycles. The highest BCUT2D eigenvalue weighted by molar-refractivity contribution is 6.26. The smallest absolute Gasteiger partial charge is 0.391 e. The number of nitrogens with one attached hydrogen (secondary N) is 3. The Hall–Kier alpha value is -3.96. The topological polar surface area (TPSA) is 166 Å². The summed E-state index contributed by atoms with van der Waals surface area (Å²) in [6, 6.07) is 2.87. The van der Waals surface area contributed by atoms with Crippen LogP contribution < -0.4 is 22.1 Å². The van der Waals surface area contributed by atoms with Gasteiger partial charge in [0, 0.05) is 38.7 Å².